The minimum absolute atomic E-state index is 0.245. The fourth-order valence-corrected chi connectivity index (χ4v) is 3.35. The van der Waals surface area contributed by atoms with Crippen LogP contribution in [0, 0.1) is 5.82 Å². The first-order valence-electron chi connectivity index (χ1n) is 5.51. The molecular formula is C14H11FO2S2. The molecule has 0 bridgehead atoms. The highest BCUT2D eigenvalue weighted by Gasteiger charge is 2.03. The summed E-state index contributed by atoms with van der Waals surface area (Å²) in [5.74, 6) is -0.461. The molecule has 1 aromatic carbocycles. The van der Waals surface area contributed by atoms with Crippen LogP contribution in [0.3, 0.4) is 0 Å². The van der Waals surface area contributed by atoms with E-state index >= 15 is 0 Å². The Kier molecular flexibility index (Phi) is 4.76. The van der Waals surface area contributed by atoms with Crippen LogP contribution in [-0.2, 0) is 10.5 Å². The Morgan fingerprint density at radius 2 is 2.05 bits per heavy atom. The van der Waals surface area contributed by atoms with E-state index in [2.05, 4.69) is 0 Å². The van der Waals surface area contributed by atoms with E-state index in [9.17, 15) is 9.18 Å². The van der Waals surface area contributed by atoms with Gasteiger partial charge >= 0.3 is 5.97 Å². The Labute approximate surface area is 118 Å². The zero-order valence-electron chi connectivity index (χ0n) is 9.88. The molecular weight excluding hydrogens is 283 g/mol. The molecule has 0 fully saturated rings. The molecule has 2 nitrogen and oxygen atoms in total. The first-order valence-corrected chi connectivity index (χ1v) is 7.37. The molecule has 0 radical (unpaired) electrons. The zero-order valence-corrected chi connectivity index (χ0v) is 11.5. The third-order valence-corrected chi connectivity index (χ3v) is 4.53. The first-order chi connectivity index (χ1) is 9.15. The average molecular weight is 294 g/mol. The van der Waals surface area contributed by atoms with Crippen LogP contribution in [0.15, 0.2) is 46.7 Å². The number of carboxylic acids is 1. The van der Waals surface area contributed by atoms with Gasteiger partial charge < -0.3 is 5.11 Å². The fourth-order valence-electron chi connectivity index (χ4n) is 1.46. The van der Waals surface area contributed by atoms with Crippen molar-refractivity contribution >= 4 is 35.1 Å². The molecule has 5 heteroatoms. The summed E-state index contributed by atoms with van der Waals surface area (Å²) in [7, 11) is 0. The third-order valence-electron chi connectivity index (χ3n) is 2.37. The maximum atomic E-state index is 12.8. The van der Waals surface area contributed by atoms with Crippen molar-refractivity contribution in [1.29, 1.82) is 0 Å². The molecule has 0 aliphatic rings. The first kappa shape index (κ1) is 13.8. The summed E-state index contributed by atoms with van der Waals surface area (Å²) < 4.78 is 12.8. The van der Waals surface area contributed by atoms with Gasteiger partial charge in [-0.05, 0) is 47.4 Å². The highest BCUT2D eigenvalue weighted by molar-refractivity contribution is 7.98. The van der Waals surface area contributed by atoms with Gasteiger partial charge in [-0.25, -0.2) is 9.18 Å². The minimum Gasteiger partial charge on any atom is -0.478 e. The van der Waals surface area contributed by atoms with Crippen LogP contribution in [-0.4, -0.2) is 11.1 Å². The van der Waals surface area contributed by atoms with E-state index < -0.39 is 5.97 Å². The number of halogens is 1. The van der Waals surface area contributed by atoms with E-state index in [1.54, 1.807) is 41.3 Å². The van der Waals surface area contributed by atoms with E-state index in [1.807, 2.05) is 11.4 Å². The van der Waals surface area contributed by atoms with E-state index in [0.29, 0.717) is 0 Å². The van der Waals surface area contributed by atoms with Gasteiger partial charge in [-0.2, -0.15) is 0 Å². The summed E-state index contributed by atoms with van der Waals surface area (Å²) >= 11 is 3.18. The molecule has 1 N–H and O–H groups in total. The topological polar surface area (TPSA) is 37.3 Å². The molecule has 0 unspecified atom stereocenters. The van der Waals surface area contributed by atoms with Gasteiger partial charge in [0.25, 0.3) is 0 Å². The Morgan fingerprint density at radius 3 is 2.74 bits per heavy atom. The molecule has 1 aromatic heterocycles. The van der Waals surface area contributed by atoms with Crippen molar-refractivity contribution in [2.45, 2.75) is 10.6 Å². The molecule has 0 aliphatic carbocycles. The molecule has 1 heterocycles. The normalized spacial score (nSPS) is 11.0. The second-order valence-corrected chi connectivity index (χ2v) is 5.76. The van der Waals surface area contributed by atoms with Gasteiger partial charge in [-0.15, -0.1) is 23.1 Å². The molecule has 0 aliphatic heterocycles. The van der Waals surface area contributed by atoms with Crippen LogP contribution in [0.1, 0.15) is 10.4 Å². The molecule has 98 valence electrons. The van der Waals surface area contributed by atoms with Crippen LogP contribution >= 0.6 is 23.1 Å². The summed E-state index contributed by atoms with van der Waals surface area (Å²) in [6.45, 7) is 0. The van der Waals surface area contributed by atoms with Crippen molar-refractivity contribution in [3.63, 3.8) is 0 Å². The summed E-state index contributed by atoms with van der Waals surface area (Å²) in [5.41, 5.74) is 0.919. The summed E-state index contributed by atoms with van der Waals surface area (Å²) in [4.78, 5) is 12.6. The van der Waals surface area contributed by atoms with Crippen LogP contribution in [0.2, 0.25) is 0 Å². The molecule has 0 spiro atoms. The lowest BCUT2D eigenvalue weighted by Gasteiger charge is -2.01. The largest absolute Gasteiger partial charge is 0.478 e. The quantitative estimate of drug-likeness (QED) is 0.660. The smallest absolute Gasteiger partial charge is 0.328 e. The predicted molar refractivity (Wildman–Crippen MR) is 76.9 cm³/mol. The number of hydrogen-bond donors (Lipinski definition) is 1. The Morgan fingerprint density at radius 1 is 1.32 bits per heavy atom. The molecule has 2 aromatic rings. The van der Waals surface area contributed by atoms with Gasteiger partial charge in [0.15, 0.2) is 0 Å². The van der Waals surface area contributed by atoms with Crippen molar-refractivity contribution < 1.29 is 14.3 Å². The standard InChI is InChI=1S/C14H11FO2S2/c15-11-2-4-12(5-3-11)19-9-13-10(7-8-18-13)1-6-14(16)17/h1-8H,9H2,(H,16,17). The number of carboxylic acid groups (broad SMARTS) is 1. The maximum absolute atomic E-state index is 12.8. The molecule has 2 rings (SSSR count). The number of hydrogen-bond acceptors (Lipinski definition) is 3. The van der Waals surface area contributed by atoms with Crippen molar-refractivity contribution in [2.75, 3.05) is 0 Å². The Hall–Kier alpha value is -1.59. The summed E-state index contributed by atoms with van der Waals surface area (Å²) in [6.07, 6.45) is 2.73. The number of thioether (sulfide) groups is 1. The number of rotatable bonds is 5. The lowest BCUT2D eigenvalue weighted by molar-refractivity contribution is -0.131. The highest BCUT2D eigenvalue weighted by Crippen LogP contribution is 2.28. The number of aliphatic carboxylic acids is 1. The van der Waals surface area contributed by atoms with Crippen LogP contribution in [0.25, 0.3) is 6.08 Å². The fraction of sp³-hybridized carbons (Fsp3) is 0.0714. The van der Waals surface area contributed by atoms with Crippen molar-refractivity contribution in [2.24, 2.45) is 0 Å². The van der Waals surface area contributed by atoms with Gasteiger partial charge in [0.2, 0.25) is 0 Å². The number of carbonyl (C=O) groups is 1. The number of benzene rings is 1. The molecule has 0 saturated carbocycles. The second-order valence-electron chi connectivity index (χ2n) is 3.71. The molecule has 0 saturated heterocycles. The van der Waals surface area contributed by atoms with Gasteiger partial charge in [0.1, 0.15) is 5.82 Å². The summed E-state index contributed by atoms with van der Waals surface area (Å²) in [6, 6.07) is 8.23. The van der Waals surface area contributed by atoms with Crippen LogP contribution in [0.4, 0.5) is 4.39 Å². The summed E-state index contributed by atoms with van der Waals surface area (Å²) in [5, 5.41) is 10.5. The van der Waals surface area contributed by atoms with Gasteiger partial charge in [0.05, 0.1) is 0 Å². The Bertz CT molecular complexity index is 588. The van der Waals surface area contributed by atoms with E-state index in [-0.39, 0.29) is 5.82 Å². The van der Waals surface area contributed by atoms with Gasteiger partial charge in [-0.3, -0.25) is 0 Å². The molecule has 0 atom stereocenters. The average Bonchev–Trinajstić information content (AvgIpc) is 2.83. The third kappa shape index (κ3) is 4.22. The number of thiophene rings is 1. The maximum Gasteiger partial charge on any atom is 0.328 e. The SMILES string of the molecule is O=C(O)C=Cc1ccsc1CSc1ccc(F)cc1. The zero-order chi connectivity index (χ0) is 13.7. The minimum atomic E-state index is -0.955. The van der Waals surface area contributed by atoms with E-state index in [1.165, 1.54) is 12.1 Å². The lowest BCUT2D eigenvalue weighted by Crippen LogP contribution is -1.86. The van der Waals surface area contributed by atoms with E-state index in [4.69, 9.17) is 5.11 Å². The van der Waals surface area contributed by atoms with Gasteiger partial charge in [-0.1, -0.05) is 0 Å². The van der Waals surface area contributed by atoms with Crippen LogP contribution in [0.5, 0.6) is 0 Å². The lowest BCUT2D eigenvalue weighted by atomic mass is 10.2. The second kappa shape index (κ2) is 6.54. The Balaban J connectivity index is 2.02. The van der Waals surface area contributed by atoms with Gasteiger partial charge in [0, 0.05) is 21.6 Å². The van der Waals surface area contributed by atoms with Crippen molar-refractivity contribution in [3.8, 4) is 0 Å². The van der Waals surface area contributed by atoms with Crippen molar-refractivity contribution in [3.05, 3.63) is 58.0 Å². The molecule has 0 amide bonds. The van der Waals surface area contributed by atoms with Crippen LogP contribution < -0.4 is 0 Å². The highest BCUT2D eigenvalue weighted by atomic mass is 32.2. The van der Waals surface area contributed by atoms with Crippen molar-refractivity contribution in [1.82, 2.24) is 0 Å². The van der Waals surface area contributed by atoms with E-state index in [0.717, 1.165) is 27.2 Å². The molecule has 19 heavy (non-hydrogen) atoms. The monoisotopic (exact) mass is 294 g/mol. The predicted octanol–water partition coefficient (Wildman–Crippen LogP) is 4.28.